The molecule has 12 nitrogen and oxygen atoms in total. The number of sulfonamides is 2. The minimum absolute atomic E-state index is 0.0230. The number of benzene rings is 4. The summed E-state index contributed by atoms with van der Waals surface area (Å²) in [5, 5.41) is 1.05. The number of ether oxygens (including phenoxy) is 2. The maximum absolute atomic E-state index is 12.7. The van der Waals surface area contributed by atoms with Crippen LogP contribution in [0, 0.1) is 6.92 Å². The fourth-order valence-electron chi connectivity index (χ4n) is 4.90. The van der Waals surface area contributed by atoms with Crippen LogP contribution in [0.15, 0.2) is 126 Å². The fraction of sp³-hybridized carbons (Fsp3) is 0.0769. The van der Waals surface area contributed by atoms with Gasteiger partial charge in [0.2, 0.25) is 0 Å². The van der Waals surface area contributed by atoms with E-state index in [2.05, 4.69) is 19.4 Å². The smallest absolute Gasteiger partial charge is 0.263 e. The van der Waals surface area contributed by atoms with E-state index in [-0.39, 0.29) is 60.4 Å². The summed E-state index contributed by atoms with van der Waals surface area (Å²) in [4.78, 5) is 32.0. The Morgan fingerprint density at radius 1 is 0.561 bits per heavy atom. The number of hydrogen-bond acceptors (Lipinski definition) is 10. The quantitative estimate of drug-likeness (QED) is 0.113. The molecule has 0 amide bonds. The highest BCUT2D eigenvalue weighted by molar-refractivity contribution is 7.93. The zero-order valence-corrected chi connectivity index (χ0v) is 34.6. The van der Waals surface area contributed by atoms with Crippen molar-refractivity contribution in [2.24, 2.45) is 0 Å². The first-order valence-corrected chi connectivity index (χ1v) is 20.8. The molecule has 2 N–H and O–H groups in total. The summed E-state index contributed by atoms with van der Waals surface area (Å²) >= 11 is 23.6. The summed E-state index contributed by atoms with van der Waals surface area (Å²) in [7, 11) is -7.78. The van der Waals surface area contributed by atoms with Gasteiger partial charge in [-0.1, -0.05) is 64.1 Å². The van der Waals surface area contributed by atoms with E-state index in [4.69, 9.17) is 55.9 Å². The second kappa shape index (κ2) is 18.4. The Balaban J connectivity index is 0.000000218. The lowest BCUT2D eigenvalue weighted by Crippen LogP contribution is -2.14. The summed E-state index contributed by atoms with van der Waals surface area (Å²) in [6.07, 6.45) is 5.81. The van der Waals surface area contributed by atoms with Crippen molar-refractivity contribution in [3.8, 4) is 23.0 Å². The summed E-state index contributed by atoms with van der Waals surface area (Å²) in [6.45, 7) is 4.58. The summed E-state index contributed by atoms with van der Waals surface area (Å²) in [5.41, 5.74) is 1.77. The van der Waals surface area contributed by atoms with E-state index >= 15 is 0 Å². The predicted octanol–water partition coefficient (Wildman–Crippen LogP) is 10.7. The first-order chi connectivity index (χ1) is 26.9. The zero-order valence-electron chi connectivity index (χ0n) is 30.0. The van der Waals surface area contributed by atoms with Gasteiger partial charge in [-0.2, -0.15) is 0 Å². The molecule has 0 saturated heterocycles. The van der Waals surface area contributed by atoms with Crippen LogP contribution in [0.3, 0.4) is 0 Å². The molecule has 0 spiro atoms. The minimum Gasteiger partial charge on any atom is -0.455 e. The molecular weight excluding hydrogens is 858 g/mol. The molecule has 6 rings (SSSR count). The molecule has 2 aromatic heterocycles. The van der Waals surface area contributed by atoms with Crippen molar-refractivity contribution in [1.82, 2.24) is 9.97 Å². The van der Waals surface area contributed by atoms with Crippen molar-refractivity contribution in [1.29, 1.82) is 0 Å². The van der Waals surface area contributed by atoms with Crippen molar-refractivity contribution in [3.63, 3.8) is 0 Å². The number of aryl methyl sites for hydroxylation is 1. The number of aromatic nitrogens is 2. The second-order valence-electron chi connectivity index (χ2n) is 12.0. The number of rotatable bonds is 12. The molecule has 294 valence electrons. The van der Waals surface area contributed by atoms with Crippen LogP contribution in [0.1, 0.15) is 40.1 Å². The van der Waals surface area contributed by atoms with Gasteiger partial charge in [-0.25, -0.2) is 16.8 Å². The third kappa shape index (κ3) is 11.7. The van der Waals surface area contributed by atoms with Gasteiger partial charge in [0.1, 0.15) is 27.9 Å². The number of pyridine rings is 2. The summed E-state index contributed by atoms with van der Waals surface area (Å²) < 4.78 is 66.7. The number of carbonyl (C=O) groups excluding carboxylic acids is 2. The molecule has 0 aliphatic rings. The molecule has 57 heavy (non-hydrogen) atoms. The first-order valence-electron chi connectivity index (χ1n) is 16.3. The first kappa shape index (κ1) is 42.9. The Morgan fingerprint density at radius 3 is 1.47 bits per heavy atom. The van der Waals surface area contributed by atoms with E-state index in [9.17, 15) is 26.4 Å². The maximum Gasteiger partial charge on any atom is 0.263 e. The Labute approximate surface area is 348 Å². The van der Waals surface area contributed by atoms with Gasteiger partial charge in [-0.05, 0) is 87.5 Å². The van der Waals surface area contributed by atoms with Crippen molar-refractivity contribution in [2.75, 3.05) is 9.44 Å². The van der Waals surface area contributed by atoms with Crippen LogP contribution < -0.4 is 18.9 Å². The SMILES string of the molecule is CC(=O)c1cc(NS(=O)(=O)c2ccc(C)cc2)ccc1Oc1cncc(Cl)c1.CC(=O)c1cc(NS(=O)(=O)c2ccc(Cl)cc2Cl)ccc1Oc1cncc(Cl)c1. The van der Waals surface area contributed by atoms with Crippen molar-refractivity contribution >= 4 is 89.4 Å². The van der Waals surface area contributed by atoms with Gasteiger partial charge in [0, 0.05) is 40.9 Å². The molecule has 0 fully saturated rings. The molecule has 0 atom stereocenters. The highest BCUT2D eigenvalue weighted by Gasteiger charge is 2.21. The van der Waals surface area contributed by atoms with Crippen LogP contribution in [0.25, 0.3) is 0 Å². The summed E-state index contributed by atoms with van der Waals surface area (Å²) in [5.74, 6) is 0.607. The van der Waals surface area contributed by atoms with Crippen LogP contribution >= 0.6 is 46.4 Å². The average molecular weight is 889 g/mol. The lowest BCUT2D eigenvalue weighted by molar-refractivity contribution is 0.100. The van der Waals surface area contributed by atoms with Gasteiger partial charge in [-0.3, -0.25) is 29.0 Å². The van der Waals surface area contributed by atoms with E-state index in [0.29, 0.717) is 26.6 Å². The Bertz CT molecular complexity index is 2700. The van der Waals surface area contributed by atoms with Gasteiger partial charge in [0.15, 0.2) is 11.6 Å². The molecule has 0 saturated carbocycles. The van der Waals surface area contributed by atoms with E-state index in [1.54, 1.807) is 18.2 Å². The fourth-order valence-corrected chi connectivity index (χ4v) is 8.10. The van der Waals surface area contributed by atoms with Gasteiger partial charge in [0.25, 0.3) is 20.0 Å². The molecular formula is C39H30Cl4N4O8S2. The highest BCUT2D eigenvalue weighted by atomic mass is 35.5. The highest BCUT2D eigenvalue weighted by Crippen LogP contribution is 2.33. The number of hydrogen-bond donors (Lipinski definition) is 2. The number of nitrogens with one attached hydrogen (secondary N) is 2. The Kier molecular flexibility index (Phi) is 13.8. The van der Waals surface area contributed by atoms with Crippen molar-refractivity contribution < 1.29 is 35.9 Å². The number of anilines is 2. The molecule has 0 bridgehead atoms. The number of carbonyl (C=O) groups is 2. The van der Waals surface area contributed by atoms with Crippen LogP contribution in [0.2, 0.25) is 20.1 Å². The number of nitrogens with zero attached hydrogens (tertiary/aromatic N) is 2. The summed E-state index contributed by atoms with van der Waals surface area (Å²) in [6, 6.07) is 22.4. The van der Waals surface area contributed by atoms with Crippen molar-refractivity contribution in [2.45, 2.75) is 30.6 Å². The molecule has 0 aliphatic heterocycles. The second-order valence-corrected chi connectivity index (χ2v) is 17.1. The van der Waals surface area contributed by atoms with Crippen LogP contribution in [0.5, 0.6) is 23.0 Å². The third-order valence-electron chi connectivity index (χ3n) is 7.55. The molecule has 0 radical (unpaired) electrons. The van der Waals surface area contributed by atoms with Crippen LogP contribution in [-0.4, -0.2) is 38.4 Å². The monoisotopic (exact) mass is 886 g/mol. The minimum atomic E-state index is -4.00. The molecule has 2 heterocycles. The van der Waals surface area contributed by atoms with Gasteiger partial charge in [-0.15, -0.1) is 0 Å². The number of halogens is 4. The molecule has 0 aliphatic carbocycles. The van der Waals surface area contributed by atoms with E-state index < -0.39 is 20.0 Å². The van der Waals surface area contributed by atoms with Crippen molar-refractivity contribution in [3.05, 3.63) is 153 Å². The van der Waals surface area contributed by atoms with E-state index in [1.165, 1.54) is 111 Å². The molecule has 4 aromatic carbocycles. The zero-order chi connectivity index (χ0) is 41.5. The van der Waals surface area contributed by atoms with Gasteiger partial charge < -0.3 is 9.47 Å². The largest absolute Gasteiger partial charge is 0.455 e. The average Bonchev–Trinajstić information content (AvgIpc) is 3.13. The number of ketones is 2. The Hall–Kier alpha value is -5.22. The van der Waals surface area contributed by atoms with Crippen LogP contribution in [0.4, 0.5) is 11.4 Å². The Morgan fingerprint density at radius 2 is 1.04 bits per heavy atom. The number of Topliss-reactive ketones (excluding diaryl/α,β-unsaturated/α-hetero) is 2. The molecule has 6 aromatic rings. The lowest BCUT2D eigenvalue weighted by Gasteiger charge is -2.13. The van der Waals surface area contributed by atoms with Crippen LogP contribution in [-0.2, 0) is 20.0 Å². The third-order valence-corrected chi connectivity index (χ3v) is 11.5. The standard InChI is InChI=1S/C20H17ClN2O4S.C19H13Cl3N2O4S/c1-13-3-6-18(7-4-13)28(25,26)23-16-5-8-20(19(10-16)14(2)24)27-17-9-15(21)11-22-12-17;1-11(25)16-8-14(3-4-18(16)28-15-6-13(21)9-23-10-15)24-29(26,27)19-5-2-12(20)7-17(19)22/h3-12,23H,1-2H3;2-10,24H,1H3. The van der Waals surface area contributed by atoms with E-state index in [1.807, 2.05) is 6.92 Å². The molecule has 0 unspecified atom stereocenters. The lowest BCUT2D eigenvalue weighted by atomic mass is 10.1. The predicted molar refractivity (Wildman–Crippen MR) is 221 cm³/mol. The van der Waals surface area contributed by atoms with Gasteiger partial charge in [0.05, 0.1) is 43.5 Å². The molecule has 18 heteroatoms. The topological polar surface area (TPSA) is 171 Å². The van der Waals surface area contributed by atoms with E-state index in [0.717, 1.165) is 5.56 Å². The maximum atomic E-state index is 12.7. The normalized spacial score (nSPS) is 11.1. The van der Waals surface area contributed by atoms with Gasteiger partial charge >= 0.3 is 0 Å².